The molecule has 5 heteroatoms. The van der Waals surface area contributed by atoms with E-state index >= 15 is 0 Å². The Kier molecular flexibility index (Phi) is 3.97. The van der Waals surface area contributed by atoms with Crippen LogP contribution in [-0.2, 0) is 14.9 Å². The van der Waals surface area contributed by atoms with E-state index in [9.17, 15) is 4.79 Å². The number of anilines is 1. The number of methoxy groups -OCH3 is 1. The number of benzene rings is 1. The number of nitrogens with zero attached hydrogens (tertiary/aromatic N) is 1. The Morgan fingerprint density at radius 3 is 2.96 bits per heavy atom. The lowest BCUT2D eigenvalue weighted by molar-refractivity contribution is -0.137. The van der Waals surface area contributed by atoms with Crippen LogP contribution in [0.2, 0.25) is 0 Å². The van der Waals surface area contributed by atoms with E-state index in [0.29, 0.717) is 6.04 Å². The summed E-state index contributed by atoms with van der Waals surface area (Å²) in [6.07, 6.45) is 7.53. The molecule has 0 amide bonds. The monoisotopic (exact) mass is 372 g/mol. The largest absolute Gasteiger partial charge is 0.466 e. The predicted octanol–water partition coefficient (Wildman–Crippen LogP) is 3.64. The van der Waals surface area contributed by atoms with Crippen molar-refractivity contribution in [3.05, 3.63) is 53.3 Å². The van der Waals surface area contributed by atoms with Crippen LogP contribution in [0.3, 0.4) is 0 Å². The quantitative estimate of drug-likeness (QED) is 0.635. The topological polar surface area (TPSA) is 41.6 Å². The molecule has 138 valence electrons. The molecule has 4 aliphatic rings. The standard InChI is InChI=1S/C21H24N2O2.ClH/c1-3-20-9-6-11-23-12-10-21(19(20)23)15-7-4-5-8-16(15)22-17(21)14(13-20)18(24)25-2;/h4-9,19,22H,3,10-13H2,1-2H3;1H/t19-,20-,21+;/m0./s1. The van der Waals surface area contributed by atoms with Crippen LogP contribution in [0.4, 0.5) is 5.69 Å². The van der Waals surface area contributed by atoms with Gasteiger partial charge >= 0.3 is 5.97 Å². The first-order valence-corrected chi connectivity index (χ1v) is 9.26. The highest BCUT2D eigenvalue weighted by Gasteiger charge is 2.65. The average molecular weight is 373 g/mol. The number of rotatable bonds is 2. The number of esters is 1. The van der Waals surface area contributed by atoms with Crippen molar-refractivity contribution in [3.63, 3.8) is 0 Å². The molecule has 1 aromatic carbocycles. The molecular weight excluding hydrogens is 348 g/mol. The van der Waals surface area contributed by atoms with Crippen LogP contribution in [0.25, 0.3) is 0 Å². The van der Waals surface area contributed by atoms with Crippen molar-refractivity contribution in [1.29, 1.82) is 0 Å². The summed E-state index contributed by atoms with van der Waals surface area (Å²) in [5.41, 5.74) is 4.34. The molecule has 3 atom stereocenters. The van der Waals surface area contributed by atoms with Gasteiger partial charge in [0.05, 0.1) is 18.1 Å². The molecule has 26 heavy (non-hydrogen) atoms. The van der Waals surface area contributed by atoms with Gasteiger partial charge in [-0.1, -0.05) is 37.3 Å². The van der Waals surface area contributed by atoms with E-state index in [4.69, 9.17) is 4.74 Å². The van der Waals surface area contributed by atoms with E-state index in [2.05, 4.69) is 53.6 Å². The zero-order valence-electron chi connectivity index (χ0n) is 15.2. The molecule has 1 saturated heterocycles. The molecule has 0 saturated carbocycles. The van der Waals surface area contributed by atoms with Crippen LogP contribution >= 0.6 is 12.4 Å². The van der Waals surface area contributed by atoms with E-state index < -0.39 is 0 Å². The molecule has 1 N–H and O–H groups in total. The van der Waals surface area contributed by atoms with Crippen molar-refractivity contribution in [1.82, 2.24) is 4.90 Å². The fourth-order valence-electron chi connectivity index (χ4n) is 6.02. The number of nitrogens with one attached hydrogen (secondary N) is 1. The molecule has 0 radical (unpaired) electrons. The van der Waals surface area contributed by atoms with Crippen molar-refractivity contribution in [2.24, 2.45) is 5.41 Å². The molecule has 1 aromatic rings. The molecule has 5 rings (SSSR count). The third kappa shape index (κ3) is 1.92. The molecule has 3 aliphatic heterocycles. The molecule has 0 aromatic heterocycles. The highest BCUT2D eigenvalue weighted by atomic mass is 35.5. The Bertz CT molecular complexity index is 833. The summed E-state index contributed by atoms with van der Waals surface area (Å²) in [4.78, 5) is 15.3. The van der Waals surface area contributed by atoms with Gasteiger partial charge < -0.3 is 10.1 Å². The first-order chi connectivity index (χ1) is 12.2. The molecule has 1 spiro atoms. The Morgan fingerprint density at radius 1 is 1.38 bits per heavy atom. The lowest BCUT2D eigenvalue weighted by atomic mass is 9.55. The van der Waals surface area contributed by atoms with Crippen LogP contribution in [-0.4, -0.2) is 37.1 Å². The minimum absolute atomic E-state index is 0. The molecule has 0 bridgehead atoms. The van der Waals surface area contributed by atoms with Gasteiger partial charge in [0.2, 0.25) is 0 Å². The van der Waals surface area contributed by atoms with Gasteiger partial charge in [-0.25, -0.2) is 4.79 Å². The number of ether oxygens (including phenoxy) is 1. The van der Waals surface area contributed by atoms with Crippen molar-refractivity contribution in [2.45, 2.75) is 37.6 Å². The second-order valence-corrected chi connectivity index (χ2v) is 7.80. The maximum atomic E-state index is 12.7. The summed E-state index contributed by atoms with van der Waals surface area (Å²) < 4.78 is 5.19. The van der Waals surface area contributed by atoms with Crippen LogP contribution < -0.4 is 5.32 Å². The summed E-state index contributed by atoms with van der Waals surface area (Å²) in [5.74, 6) is -0.182. The predicted molar refractivity (Wildman–Crippen MR) is 104 cm³/mol. The Morgan fingerprint density at radius 2 is 2.19 bits per heavy atom. The van der Waals surface area contributed by atoms with E-state index in [0.717, 1.165) is 49.3 Å². The van der Waals surface area contributed by atoms with Crippen molar-refractivity contribution in [3.8, 4) is 0 Å². The molecule has 4 nitrogen and oxygen atoms in total. The molecule has 3 heterocycles. The van der Waals surface area contributed by atoms with E-state index in [1.54, 1.807) is 0 Å². The Hall–Kier alpha value is -1.78. The summed E-state index contributed by atoms with van der Waals surface area (Å²) >= 11 is 0. The van der Waals surface area contributed by atoms with Gasteiger partial charge in [0.25, 0.3) is 0 Å². The Balaban J connectivity index is 0.00000168. The minimum Gasteiger partial charge on any atom is -0.466 e. The SMILES string of the molecule is CC[C@]12C=CCN3CC[C@@]4(C(=C(C(=O)OC)C1)Nc1ccccc14)[C@@H]32.Cl. The van der Waals surface area contributed by atoms with Crippen molar-refractivity contribution >= 4 is 24.1 Å². The fourth-order valence-corrected chi connectivity index (χ4v) is 6.02. The third-order valence-corrected chi connectivity index (χ3v) is 6.97. The van der Waals surface area contributed by atoms with Gasteiger partial charge in [0, 0.05) is 35.9 Å². The second kappa shape index (κ2) is 5.86. The summed E-state index contributed by atoms with van der Waals surface area (Å²) in [7, 11) is 1.49. The van der Waals surface area contributed by atoms with Gasteiger partial charge in [-0.2, -0.15) is 0 Å². The van der Waals surface area contributed by atoms with Gasteiger partial charge in [-0.3, -0.25) is 4.90 Å². The smallest absolute Gasteiger partial charge is 0.335 e. The number of carbonyl (C=O) groups excluding carboxylic acids is 1. The van der Waals surface area contributed by atoms with Crippen LogP contribution in [0, 0.1) is 5.41 Å². The maximum Gasteiger partial charge on any atom is 0.335 e. The van der Waals surface area contributed by atoms with E-state index in [1.165, 1.54) is 12.7 Å². The lowest BCUT2D eigenvalue weighted by Crippen LogP contribution is -2.58. The lowest BCUT2D eigenvalue weighted by Gasteiger charge is -2.53. The summed E-state index contributed by atoms with van der Waals surface area (Å²) in [5, 5.41) is 3.62. The first kappa shape index (κ1) is 17.6. The first-order valence-electron chi connectivity index (χ1n) is 9.26. The summed E-state index contributed by atoms with van der Waals surface area (Å²) in [6, 6.07) is 8.99. The molecule has 1 fully saturated rings. The third-order valence-electron chi connectivity index (χ3n) is 6.97. The number of hydrogen-bond acceptors (Lipinski definition) is 4. The van der Waals surface area contributed by atoms with Crippen LogP contribution in [0.5, 0.6) is 0 Å². The highest BCUT2D eigenvalue weighted by Crippen LogP contribution is 2.64. The average Bonchev–Trinajstić information content (AvgIpc) is 3.21. The number of fused-ring (bicyclic) bond motifs is 1. The molecule has 0 unspecified atom stereocenters. The second-order valence-electron chi connectivity index (χ2n) is 7.80. The van der Waals surface area contributed by atoms with Crippen LogP contribution in [0.1, 0.15) is 31.7 Å². The Labute approximate surface area is 160 Å². The van der Waals surface area contributed by atoms with Gasteiger partial charge in [-0.05, 0) is 30.9 Å². The van der Waals surface area contributed by atoms with Crippen LogP contribution in [0.15, 0.2) is 47.7 Å². The number of para-hydroxylation sites is 1. The number of carbonyl (C=O) groups is 1. The molecule has 1 aliphatic carbocycles. The van der Waals surface area contributed by atoms with Gasteiger partial charge in [-0.15, -0.1) is 12.4 Å². The number of hydrogen-bond donors (Lipinski definition) is 1. The normalized spacial score (nSPS) is 33.7. The summed E-state index contributed by atoms with van der Waals surface area (Å²) in [6.45, 7) is 4.34. The number of halogens is 1. The zero-order valence-corrected chi connectivity index (χ0v) is 16.1. The minimum atomic E-state index is -0.182. The van der Waals surface area contributed by atoms with Gasteiger partial charge in [0.1, 0.15) is 0 Å². The van der Waals surface area contributed by atoms with E-state index in [1.807, 2.05) is 0 Å². The zero-order chi connectivity index (χ0) is 17.2. The van der Waals surface area contributed by atoms with Crippen molar-refractivity contribution < 1.29 is 9.53 Å². The highest BCUT2D eigenvalue weighted by molar-refractivity contribution is 5.93. The molecular formula is C21H25ClN2O2. The van der Waals surface area contributed by atoms with Crippen molar-refractivity contribution in [2.75, 3.05) is 25.5 Å². The van der Waals surface area contributed by atoms with E-state index in [-0.39, 0.29) is 29.2 Å². The fraction of sp³-hybridized carbons (Fsp3) is 0.476. The maximum absolute atomic E-state index is 12.7. The van der Waals surface area contributed by atoms with Gasteiger partial charge in [0.15, 0.2) is 0 Å².